The van der Waals surface area contributed by atoms with Gasteiger partial charge in [-0.1, -0.05) is 47.4 Å². The van der Waals surface area contributed by atoms with Gasteiger partial charge in [0.2, 0.25) is 5.52 Å². The summed E-state index contributed by atoms with van der Waals surface area (Å²) in [5, 5.41) is 3.01. The lowest BCUT2D eigenvalue weighted by molar-refractivity contribution is -0.668. The fourth-order valence-corrected chi connectivity index (χ4v) is 9.76. The van der Waals surface area contributed by atoms with Crippen molar-refractivity contribution in [1.82, 2.24) is 0 Å². The molecule has 5 aromatic rings. The van der Waals surface area contributed by atoms with Gasteiger partial charge in [-0.15, -0.1) is 11.3 Å². The zero-order chi connectivity index (χ0) is 31.2. The van der Waals surface area contributed by atoms with E-state index in [-0.39, 0.29) is 24.3 Å². The molecule has 44 heavy (non-hydrogen) atoms. The first-order chi connectivity index (χ1) is 20.8. The molecule has 3 heterocycles. The molecule has 230 valence electrons. The molecule has 3 aromatic carbocycles. The molecule has 0 saturated heterocycles. The van der Waals surface area contributed by atoms with E-state index in [2.05, 4.69) is 71.0 Å². The van der Waals surface area contributed by atoms with Crippen LogP contribution < -0.4 is 9.47 Å². The molecule has 8 nitrogen and oxygen atoms in total. The average molecular weight is 688 g/mol. The van der Waals surface area contributed by atoms with Crippen molar-refractivity contribution in [1.29, 1.82) is 0 Å². The van der Waals surface area contributed by atoms with Gasteiger partial charge < -0.3 is 4.90 Å². The quantitative estimate of drug-likeness (QED) is 0.118. The summed E-state index contributed by atoms with van der Waals surface area (Å²) in [6.07, 6.45) is 2.56. The van der Waals surface area contributed by atoms with Crippen molar-refractivity contribution in [3.63, 3.8) is 0 Å². The van der Waals surface area contributed by atoms with Gasteiger partial charge in [0.05, 0.1) is 28.3 Å². The number of thiophene rings is 1. The van der Waals surface area contributed by atoms with E-state index in [0.29, 0.717) is 13.1 Å². The van der Waals surface area contributed by atoms with Gasteiger partial charge in [-0.25, -0.2) is 0 Å². The van der Waals surface area contributed by atoms with Crippen LogP contribution in [0.2, 0.25) is 0 Å². The van der Waals surface area contributed by atoms with Gasteiger partial charge in [-0.3, -0.25) is 9.11 Å². The molecule has 0 amide bonds. The van der Waals surface area contributed by atoms with Crippen LogP contribution in [0.25, 0.3) is 36.8 Å². The zero-order valence-electron chi connectivity index (χ0n) is 24.1. The van der Waals surface area contributed by atoms with Crippen LogP contribution in [-0.2, 0) is 26.8 Å². The number of anilines is 1. The lowest BCUT2D eigenvalue weighted by Crippen LogP contribution is -2.36. The summed E-state index contributed by atoms with van der Waals surface area (Å²) in [6.45, 7) is 4.89. The van der Waals surface area contributed by atoms with E-state index < -0.39 is 20.2 Å². The van der Waals surface area contributed by atoms with Crippen LogP contribution in [0.5, 0.6) is 0 Å². The molecular weight excluding hydrogens is 657 g/mol. The number of nitrogens with zero attached hydrogens (tertiary/aromatic N) is 2. The van der Waals surface area contributed by atoms with E-state index >= 15 is 0 Å². The third kappa shape index (κ3) is 6.89. The first kappa shape index (κ1) is 31.2. The number of benzene rings is 3. The van der Waals surface area contributed by atoms with Crippen molar-refractivity contribution in [2.24, 2.45) is 0 Å². The van der Waals surface area contributed by atoms with E-state index in [0.717, 1.165) is 52.4 Å². The van der Waals surface area contributed by atoms with Crippen molar-refractivity contribution in [2.45, 2.75) is 38.1 Å². The molecule has 0 fully saturated rings. The molecule has 6 rings (SSSR count). The van der Waals surface area contributed by atoms with Crippen molar-refractivity contribution in [2.75, 3.05) is 23.0 Å². The zero-order valence-corrected chi connectivity index (χ0v) is 28.1. The highest BCUT2D eigenvalue weighted by atomic mass is 32.2. The smallest absolute Gasteiger partial charge is 0.265 e. The van der Waals surface area contributed by atoms with E-state index in [1.54, 1.807) is 34.4 Å². The topological polar surface area (TPSA) is 116 Å². The number of thioether (sulfide) groups is 1. The van der Waals surface area contributed by atoms with Gasteiger partial charge in [0, 0.05) is 33.5 Å². The number of thiazole rings is 1. The Morgan fingerprint density at radius 1 is 0.841 bits per heavy atom. The summed E-state index contributed by atoms with van der Waals surface area (Å²) in [4.78, 5) is 4.28. The van der Waals surface area contributed by atoms with Crippen LogP contribution in [0.3, 0.4) is 0 Å². The Kier molecular flexibility index (Phi) is 8.65. The van der Waals surface area contributed by atoms with Crippen molar-refractivity contribution in [3.05, 3.63) is 81.8 Å². The highest BCUT2D eigenvalue weighted by molar-refractivity contribution is 8.04. The van der Waals surface area contributed by atoms with Gasteiger partial charge in [0.25, 0.3) is 25.2 Å². The highest BCUT2D eigenvalue weighted by Crippen LogP contribution is 2.49. The predicted octanol–water partition coefficient (Wildman–Crippen LogP) is 7.15. The largest absolute Gasteiger partial charge is 0.335 e. The number of hydrogen-bond donors (Lipinski definition) is 2. The summed E-state index contributed by atoms with van der Waals surface area (Å²) in [6, 6.07) is 21.0. The van der Waals surface area contributed by atoms with Crippen LogP contribution in [-0.4, -0.2) is 44.0 Å². The maximum Gasteiger partial charge on any atom is 0.265 e. The van der Waals surface area contributed by atoms with Crippen LogP contribution in [0.15, 0.2) is 70.6 Å². The second-order valence-electron chi connectivity index (χ2n) is 10.8. The Hall–Kier alpha value is -2.78. The Bertz CT molecular complexity index is 2120. The second-order valence-corrected chi connectivity index (χ2v) is 17.2. The maximum absolute atomic E-state index is 11.6. The van der Waals surface area contributed by atoms with E-state index in [4.69, 9.17) is 0 Å². The minimum absolute atomic E-state index is 0.239. The molecule has 1 aliphatic heterocycles. The van der Waals surface area contributed by atoms with Gasteiger partial charge in [-0.2, -0.15) is 21.4 Å². The highest BCUT2D eigenvalue weighted by Gasteiger charge is 2.29. The fraction of sp³-hybridized carbons (Fsp3) is 0.258. The lowest BCUT2D eigenvalue weighted by Gasteiger charge is -2.20. The Labute approximate surface area is 269 Å². The molecule has 2 N–H and O–H groups in total. The van der Waals surface area contributed by atoms with Crippen LogP contribution >= 0.6 is 34.4 Å². The summed E-state index contributed by atoms with van der Waals surface area (Å²) < 4.78 is 69.2. The molecule has 0 radical (unpaired) electrons. The summed E-state index contributed by atoms with van der Waals surface area (Å²) in [5.41, 5.74) is 5.32. The molecule has 0 aliphatic carbocycles. The summed E-state index contributed by atoms with van der Waals surface area (Å²) in [7, 11) is -8.20. The Balaban J connectivity index is 1.41. The van der Waals surface area contributed by atoms with Crippen LogP contribution in [0.1, 0.15) is 29.0 Å². The lowest BCUT2D eigenvalue weighted by atomic mass is 10.1. The number of fused-ring (bicyclic) bond motifs is 3. The molecular formula is C31H31N2O6S5+. The third-order valence-corrected chi connectivity index (χ3v) is 12.6. The minimum Gasteiger partial charge on any atom is -0.335 e. The first-order valence-electron chi connectivity index (χ1n) is 14.0. The van der Waals surface area contributed by atoms with Crippen LogP contribution in [0, 0.1) is 13.8 Å². The second kappa shape index (κ2) is 12.2. The van der Waals surface area contributed by atoms with E-state index in [1.165, 1.54) is 10.1 Å². The molecule has 13 heteroatoms. The minimum atomic E-state index is -4.11. The average Bonchev–Trinajstić information content (AvgIpc) is 3.61. The monoisotopic (exact) mass is 687 g/mol. The first-order valence-corrected chi connectivity index (χ1v) is 19.7. The maximum atomic E-state index is 11.6. The normalized spacial score (nSPS) is 14.7. The molecule has 0 saturated carbocycles. The van der Waals surface area contributed by atoms with E-state index in [9.17, 15) is 25.9 Å². The van der Waals surface area contributed by atoms with Gasteiger partial charge in [-0.05, 0) is 72.7 Å². The fourth-order valence-electron chi connectivity index (χ4n) is 5.32. The standard InChI is InChI=1S/C31H30N2O6S5/c1-20-15-24-29(16-21(20)2)42-31(32(24)11-5-13-43(34,35)36)19-30-33(12-6-14-44(37,38)39)25-17-23(9-10-27(25)41-30)28-18-22-7-3-4-8-26(22)40-28/h3-4,7-10,15-19H,5-6,11-14H2,1-2H3,(H-,34,35,36,37,38,39)/p+1. The van der Waals surface area contributed by atoms with Crippen molar-refractivity contribution in [3.8, 4) is 10.4 Å². The number of aryl methyl sites for hydroxylation is 3. The Morgan fingerprint density at radius 3 is 2.32 bits per heavy atom. The summed E-state index contributed by atoms with van der Waals surface area (Å²) >= 11 is 4.92. The van der Waals surface area contributed by atoms with Crippen molar-refractivity contribution >= 4 is 86.7 Å². The number of rotatable bonds is 10. The molecule has 0 bridgehead atoms. The molecule has 0 spiro atoms. The predicted molar refractivity (Wildman–Crippen MR) is 182 cm³/mol. The van der Waals surface area contributed by atoms with Gasteiger partial charge in [0.15, 0.2) is 6.54 Å². The Morgan fingerprint density at radius 2 is 1.57 bits per heavy atom. The van der Waals surface area contributed by atoms with Crippen molar-refractivity contribution < 1.29 is 30.5 Å². The van der Waals surface area contributed by atoms with Gasteiger partial charge in [0.1, 0.15) is 4.70 Å². The number of aromatic nitrogens is 1. The molecule has 0 atom stereocenters. The SMILES string of the molecule is Cc1cc2sc(C=C3Sc4ccc(-c5cc6ccccc6s5)cc4N3CCCS(=O)(=O)O)[n+](CCCS(=O)(=O)O)c2cc1C. The third-order valence-electron chi connectivity index (χ3n) is 7.60. The molecule has 2 aromatic heterocycles. The summed E-state index contributed by atoms with van der Waals surface area (Å²) in [5.74, 6) is -0.676. The van der Waals surface area contributed by atoms with Crippen LogP contribution in [0.4, 0.5) is 5.69 Å². The number of hydrogen-bond acceptors (Lipinski definition) is 8. The molecule has 0 unspecified atom stereocenters. The van der Waals surface area contributed by atoms with Gasteiger partial charge >= 0.3 is 0 Å². The van der Waals surface area contributed by atoms with E-state index in [1.807, 2.05) is 19.1 Å². The molecule has 1 aliphatic rings.